The number of hydrogen-bond donors (Lipinski definition) is 1. The van der Waals surface area contributed by atoms with Gasteiger partial charge in [-0.1, -0.05) is 32.0 Å². The summed E-state index contributed by atoms with van der Waals surface area (Å²) in [6, 6.07) is 7.95. The van der Waals surface area contributed by atoms with E-state index in [4.69, 9.17) is 4.42 Å². The highest BCUT2D eigenvalue weighted by Crippen LogP contribution is 2.45. The van der Waals surface area contributed by atoms with Crippen molar-refractivity contribution in [2.75, 3.05) is 13.1 Å². The summed E-state index contributed by atoms with van der Waals surface area (Å²) in [5.74, 6) is 0.111. The number of nitrogens with zero attached hydrogens (tertiary/aromatic N) is 2. The van der Waals surface area contributed by atoms with Gasteiger partial charge < -0.3 is 9.73 Å². The van der Waals surface area contributed by atoms with E-state index < -0.39 is 11.6 Å². The molecule has 40 heavy (non-hydrogen) atoms. The lowest BCUT2D eigenvalue weighted by Crippen LogP contribution is -2.37. The zero-order chi connectivity index (χ0) is 28.6. The van der Waals surface area contributed by atoms with Gasteiger partial charge in [-0.15, -0.1) is 0 Å². The molecular weight excluding hydrogens is 502 g/mol. The molecule has 2 aliphatic rings. The molecule has 0 atom stereocenters. The van der Waals surface area contributed by atoms with E-state index >= 15 is 0 Å². The van der Waals surface area contributed by atoms with E-state index in [-0.39, 0.29) is 17.4 Å². The van der Waals surface area contributed by atoms with Crippen molar-refractivity contribution in [3.8, 4) is 11.3 Å². The highest BCUT2D eigenvalue weighted by atomic mass is 16.3. The molecular formula is C33H37N3O4. The second-order valence-electron chi connectivity index (χ2n) is 11.7. The highest BCUT2D eigenvalue weighted by molar-refractivity contribution is 6.53. The molecule has 3 aromatic rings. The summed E-state index contributed by atoms with van der Waals surface area (Å²) in [5, 5.41) is 2.93. The fraction of sp³-hybridized carbons (Fsp3) is 0.394. The van der Waals surface area contributed by atoms with Crippen LogP contribution in [0.15, 0.2) is 47.2 Å². The summed E-state index contributed by atoms with van der Waals surface area (Å²) in [6.45, 7) is 11.9. The van der Waals surface area contributed by atoms with Gasteiger partial charge in [-0.05, 0) is 74.3 Å². The lowest BCUT2D eigenvalue weighted by atomic mass is 9.69. The minimum Gasteiger partial charge on any atom is -0.459 e. The molecule has 2 aliphatic carbocycles. The normalized spacial score (nSPS) is 15.9. The topological polar surface area (TPSA) is 92.5 Å². The molecule has 5 rings (SSSR count). The van der Waals surface area contributed by atoms with Gasteiger partial charge in [0.15, 0.2) is 0 Å². The number of nitrogens with one attached hydrogen (secondary N) is 1. The number of Topliss-reactive ketones (excluding diaryl/α,β-unsaturated/α-hetero) is 2. The SMILES string of the molecule is Cc1c(CN(CCNC(=O)/C=C/c2cccnc2)C(C)C)oc2c1C(=O)C(=O)c1c-2ccc2c1CCCC2(C)C. The Balaban J connectivity index is 1.35. The second kappa shape index (κ2) is 11.0. The number of rotatable bonds is 8. The molecule has 0 radical (unpaired) electrons. The average Bonchev–Trinajstić information content (AvgIpc) is 3.25. The Morgan fingerprint density at radius 2 is 1.95 bits per heavy atom. The Morgan fingerprint density at radius 1 is 1.18 bits per heavy atom. The minimum atomic E-state index is -0.476. The van der Waals surface area contributed by atoms with Crippen LogP contribution in [0, 0.1) is 6.92 Å². The van der Waals surface area contributed by atoms with Crippen molar-refractivity contribution in [1.82, 2.24) is 15.2 Å². The molecule has 7 nitrogen and oxygen atoms in total. The first-order valence-electron chi connectivity index (χ1n) is 14.1. The van der Waals surface area contributed by atoms with Gasteiger partial charge in [0.2, 0.25) is 17.5 Å². The van der Waals surface area contributed by atoms with Gasteiger partial charge in [-0.2, -0.15) is 0 Å². The summed E-state index contributed by atoms with van der Waals surface area (Å²) in [6.07, 6.45) is 9.47. The Labute approximate surface area is 235 Å². The molecule has 0 spiro atoms. The van der Waals surface area contributed by atoms with Crippen LogP contribution in [0.25, 0.3) is 17.4 Å². The van der Waals surface area contributed by atoms with Gasteiger partial charge in [0.25, 0.3) is 0 Å². The Bertz CT molecular complexity index is 1500. The smallest absolute Gasteiger partial charge is 0.244 e. The molecule has 0 unspecified atom stereocenters. The average molecular weight is 540 g/mol. The van der Waals surface area contributed by atoms with Crippen molar-refractivity contribution in [1.29, 1.82) is 0 Å². The fourth-order valence-electron chi connectivity index (χ4n) is 5.97. The molecule has 0 aliphatic heterocycles. The first kappa shape index (κ1) is 27.7. The Hall–Kier alpha value is -3.84. The van der Waals surface area contributed by atoms with E-state index in [0.29, 0.717) is 47.8 Å². The number of aromatic nitrogens is 1. The van der Waals surface area contributed by atoms with Crippen LogP contribution in [-0.2, 0) is 23.2 Å². The van der Waals surface area contributed by atoms with Crippen LogP contribution in [0.2, 0.25) is 0 Å². The molecule has 0 bridgehead atoms. The van der Waals surface area contributed by atoms with E-state index in [1.54, 1.807) is 18.5 Å². The molecule has 2 aromatic heterocycles. The van der Waals surface area contributed by atoms with Crippen molar-refractivity contribution in [3.63, 3.8) is 0 Å². The zero-order valence-corrected chi connectivity index (χ0v) is 24.0. The maximum Gasteiger partial charge on any atom is 0.244 e. The van der Waals surface area contributed by atoms with E-state index in [1.807, 2.05) is 25.1 Å². The minimum absolute atomic E-state index is 0.0296. The van der Waals surface area contributed by atoms with Crippen LogP contribution in [0.4, 0.5) is 0 Å². The monoisotopic (exact) mass is 539 g/mol. The van der Waals surface area contributed by atoms with Gasteiger partial charge in [0.05, 0.1) is 12.1 Å². The van der Waals surface area contributed by atoms with Crippen LogP contribution in [0.1, 0.15) is 89.3 Å². The van der Waals surface area contributed by atoms with Crippen LogP contribution in [0.5, 0.6) is 0 Å². The number of carbonyl (C=O) groups is 3. The van der Waals surface area contributed by atoms with Gasteiger partial charge in [-0.3, -0.25) is 24.3 Å². The third-order valence-corrected chi connectivity index (χ3v) is 8.31. The summed E-state index contributed by atoms with van der Waals surface area (Å²) < 4.78 is 6.40. The van der Waals surface area contributed by atoms with Crippen LogP contribution in [-0.4, -0.2) is 46.5 Å². The van der Waals surface area contributed by atoms with Gasteiger partial charge in [-0.25, -0.2) is 0 Å². The second-order valence-corrected chi connectivity index (χ2v) is 11.7. The molecule has 0 saturated heterocycles. The maximum atomic E-state index is 13.5. The van der Waals surface area contributed by atoms with Crippen molar-refractivity contribution >= 4 is 23.5 Å². The first-order chi connectivity index (χ1) is 19.1. The molecule has 1 amide bonds. The van der Waals surface area contributed by atoms with Gasteiger partial charge in [0, 0.05) is 54.3 Å². The van der Waals surface area contributed by atoms with Crippen LogP contribution >= 0.6 is 0 Å². The quantitative estimate of drug-likeness (QED) is 0.292. The molecule has 1 aromatic carbocycles. The molecule has 2 heterocycles. The third kappa shape index (κ3) is 5.18. The fourth-order valence-corrected chi connectivity index (χ4v) is 5.97. The standard InChI is InChI=1S/C33H37N3O4/c1-20(2)36(17-16-35-27(37)13-10-22-8-7-15-34-18-22)19-26-21(3)28-30(38)31(39)29-23-9-6-14-33(4,5)25(23)12-11-24(29)32(28)40-26/h7-8,10-13,15,18,20H,6,9,14,16-17,19H2,1-5H3,(H,35,37)/b13-10+. The number of furan rings is 1. The molecule has 0 saturated carbocycles. The molecule has 7 heteroatoms. The number of fused-ring (bicyclic) bond motifs is 5. The number of amides is 1. The molecule has 0 fully saturated rings. The molecule has 208 valence electrons. The highest BCUT2D eigenvalue weighted by Gasteiger charge is 2.40. The number of carbonyl (C=O) groups excluding carboxylic acids is 3. The van der Waals surface area contributed by atoms with Crippen molar-refractivity contribution in [3.05, 3.63) is 81.9 Å². The summed E-state index contributed by atoms with van der Waals surface area (Å²) >= 11 is 0. The predicted octanol–water partition coefficient (Wildman–Crippen LogP) is 5.68. The number of benzene rings is 1. The Morgan fingerprint density at radius 3 is 2.67 bits per heavy atom. The lowest BCUT2D eigenvalue weighted by molar-refractivity contribution is -0.116. The van der Waals surface area contributed by atoms with E-state index in [9.17, 15) is 14.4 Å². The van der Waals surface area contributed by atoms with Crippen molar-refractivity contribution in [2.24, 2.45) is 0 Å². The number of ketones is 2. The van der Waals surface area contributed by atoms with E-state index in [1.165, 1.54) is 6.08 Å². The van der Waals surface area contributed by atoms with Crippen LogP contribution in [0.3, 0.4) is 0 Å². The van der Waals surface area contributed by atoms with E-state index in [0.717, 1.165) is 41.5 Å². The van der Waals surface area contributed by atoms with Crippen LogP contribution < -0.4 is 5.32 Å². The summed E-state index contributed by atoms with van der Waals surface area (Å²) in [5.41, 5.74) is 5.36. The molecule has 1 N–H and O–H groups in total. The van der Waals surface area contributed by atoms with Gasteiger partial charge in [0.1, 0.15) is 11.5 Å². The summed E-state index contributed by atoms with van der Waals surface area (Å²) in [7, 11) is 0. The number of hydrogen-bond acceptors (Lipinski definition) is 6. The largest absolute Gasteiger partial charge is 0.459 e. The van der Waals surface area contributed by atoms with Gasteiger partial charge >= 0.3 is 0 Å². The zero-order valence-electron chi connectivity index (χ0n) is 24.0. The van der Waals surface area contributed by atoms with Crippen molar-refractivity contribution in [2.45, 2.75) is 71.9 Å². The lowest BCUT2D eigenvalue weighted by Gasteiger charge is -2.34. The number of pyridine rings is 1. The summed E-state index contributed by atoms with van der Waals surface area (Å²) in [4.78, 5) is 45.4. The van der Waals surface area contributed by atoms with E-state index in [2.05, 4.69) is 49.0 Å². The predicted molar refractivity (Wildman–Crippen MR) is 155 cm³/mol. The first-order valence-corrected chi connectivity index (χ1v) is 14.1. The maximum absolute atomic E-state index is 13.5. The Kier molecular flexibility index (Phi) is 7.60. The van der Waals surface area contributed by atoms with Crippen molar-refractivity contribution < 1.29 is 18.8 Å². The third-order valence-electron chi connectivity index (χ3n) is 8.31.